The van der Waals surface area contributed by atoms with Crippen LogP contribution in [0.1, 0.15) is 19.3 Å². The Hall–Kier alpha value is -1.30. The minimum Gasteiger partial charge on any atom is -0.480 e. The highest BCUT2D eigenvalue weighted by molar-refractivity contribution is 5.89. The number of ether oxygens (including phenoxy) is 1. The van der Waals surface area contributed by atoms with Gasteiger partial charge in [0, 0.05) is 6.61 Å². The largest absolute Gasteiger partial charge is 0.480 e. The van der Waals surface area contributed by atoms with Crippen LogP contribution in [0, 0.1) is 0 Å². The van der Waals surface area contributed by atoms with Crippen molar-refractivity contribution in [3.63, 3.8) is 0 Å². The van der Waals surface area contributed by atoms with Crippen molar-refractivity contribution in [1.82, 2.24) is 10.6 Å². The molecule has 2 aliphatic rings. The van der Waals surface area contributed by atoms with Crippen LogP contribution >= 0.6 is 0 Å². The van der Waals surface area contributed by atoms with Crippen molar-refractivity contribution in [3.05, 3.63) is 0 Å². The number of carboxylic acid groups (broad SMARTS) is 1. The summed E-state index contributed by atoms with van der Waals surface area (Å²) in [5.41, 5.74) is -1.01. The predicted molar refractivity (Wildman–Crippen MR) is 50.5 cm³/mol. The Bertz CT molecular complexity index is 282. The zero-order chi connectivity index (χ0) is 10.9. The van der Waals surface area contributed by atoms with Crippen LogP contribution in [0.4, 0.5) is 4.79 Å². The number of rotatable bonds is 3. The van der Waals surface area contributed by atoms with E-state index < -0.39 is 17.5 Å². The summed E-state index contributed by atoms with van der Waals surface area (Å²) < 4.78 is 5.09. The fourth-order valence-corrected chi connectivity index (χ4v) is 1.60. The number of nitrogens with one attached hydrogen (secondary N) is 2. The lowest BCUT2D eigenvalue weighted by Gasteiger charge is -2.15. The molecule has 1 aliphatic carbocycles. The maximum atomic E-state index is 11.4. The van der Waals surface area contributed by atoms with Gasteiger partial charge in [-0.25, -0.2) is 9.59 Å². The summed E-state index contributed by atoms with van der Waals surface area (Å²) in [6.07, 6.45) is 1.81. The number of aliphatic carboxylic acids is 1. The third-order valence-corrected chi connectivity index (χ3v) is 2.78. The van der Waals surface area contributed by atoms with Crippen LogP contribution in [-0.4, -0.2) is 41.9 Å². The van der Waals surface area contributed by atoms with Gasteiger partial charge in [-0.3, -0.25) is 0 Å². The first kappa shape index (κ1) is 10.2. The second-order valence-corrected chi connectivity index (χ2v) is 4.05. The molecule has 1 saturated heterocycles. The first-order valence-corrected chi connectivity index (χ1v) is 5.02. The van der Waals surface area contributed by atoms with Crippen LogP contribution in [0.3, 0.4) is 0 Å². The van der Waals surface area contributed by atoms with Crippen LogP contribution in [0.5, 0.6) is 0 Å². The molecule has 3 N–H and O–H groups in total. The number of urea groups is 1. The van der Waals surface area contributed by atoms with Gasteiger partial charge in [0.15, 0.2) is 0 Å². The van der Waals surface area contributed by atoms with E-state index in [1.54, 1.807) is 0 Å². The molecule has 0 spiro atoms. The summed E-state index contributed by atoms with van der Waals surface area (Å²) in [4.78, 5) is 22.2. The van der Waals surface area contributed by atoms with Crippen molar-refractivity contribution in [1.29, 1.82) is 0 Å². The topological polar surface area (TPSA) is 87.7 Å². The van der Waals surface area contributed by atoms with Crippen molar-refractivity contribution in [2.75, 3.05) is 13.2 Å². The third-order valence-electron chi connectivity index (χ3n) is 2.78. The van der Waals surface area contributed by atoms with E-state index in [9.17, 15) is 9.59 Å². The number of carbonyl (C=O) groups is 2. The molecular formula is C9H14N2O4. The van der Waals surface area contributed by atoms with Gasteiger partial charge in [0.05, 0.1) is 12.6 Å². The van der Waals surface area contributed by atoms with Gasteiger partial charge in [-0.2, -0.15) is 0 Å². The van der Waals surface area contributed by atoms with Gasteiger partial charge < -0.3 is 20.5 Å². The van der Waals surface area contributed by atoms with Crippen LogP contribution in [0.2, 0.25) is 0 Å². The Morgan fingerprint density at radius 2 is 2.13 bits per heavy atom. The third kappa shape index (κ3) is 2.20. The summed E-state index contributed by atoms with van der Waals surface area (Å²) in [5.74, 6) is -0.958. The Morgan fingerprint density at radius 3 is 2.60 bits per heavy atom. The SMILES string of the molecule is O=C(NC1CCOC1)NC1(C(=O)O)CC1. The van der Waals surface area contributed by atoms with E-state index in [-0.39, 0.29) is 6.04 Å². The summed E-state index contributed by atoms with van der Waals surface area (Å²) in [6.45, 7) is 1.16. The normalized spacial score (nSPS) is 27.1. The molecule has 2 amide bonds. The molecule has 0 aromatic carbocycles. The van der Waals surface area contributed by atoms with Crippen molar-refractivity contribution >= 4 is 12.0 Å². The molecule has 6 nitrogen and oxygen atoms in total. The molecule has 1 unspecified atom stereocenters. The second-order valence-electron chi connectivity index (χ2n) is 4.05. The molecule has 6 heteroatoms. The van der Waals surface area contributed by atoms with Crippen LogP contribution in [-0.2, 0) is 9.53 Å². The summed E-state index contributed by atoms with van der Waals surface area (Å²) in [5, 5.41) is 14.0. The van der Waals surface area contributed by atoms with E-state index in [0.717, 1.165) is 6.42 Å². The first-order valence-electron chi connectivity index (χ1n) is 5.02. The lowest BCUT2D eigenvalue weighted by molar-refractivity contribution is -0.140. The quantitative estimate of drug-likeness (QED) is 0.601. The molecule has 1 heterocycles. The minimum atomic E-state index is -1.01. The summed E-state index contributed by atoms with van der Waals surface area (Å²) >= 11 is 0. The Kier molecular flexibility index (Phi) is 2.52. The second kappa shape index (κ2) is 3.69. The maximum absolute atomic E-state index is 11.4. The monoisotopic (exact) mass is 214 g/mol. The molecule has 0 aromatic heterocycles. The average molecular weight is 214 g/mol. The Balaban J connectivity index is 1.79. The lowest BCUT2D eigenvalue weighted by atomic mass is 10.2. The molecule has 0 bridgehead atoms. The molecule has 15 heavy (non-hydrogen) atoms. The van der Waals surface area contributed by atoms with E-state index in [1.165, 1.54) is 0 Å². The van der Waals surface area contributed by atoms with E-state index in [4.69, 9.17) is 9.84 Å². The van der Waals surface area contributed by atoms with Gasteiger partial charge >= 0.3 is 12.0 Å². The zero-order valence-electron chi connectivity index (χ0n) is 8.28. The van der Waals surface area contributed by atoms with Crippen LogP contribution in [0.25, 0.3) is 0 Å². The van der Waals surface area contributed by atoms with Gasteiger partial charge in [0.2, 0.25) is 0 Å². The van der Waals surface area contributed by atoms with Crippen molar-refractivity contribution in [2.24, 2.45) is 0 Å². The standard InChI is InChI=1S/C9H14N2O4/c12-7(13)9(2-3-9)11-8(14)10-6-1-4-15-5-6/h6H,1-5H2,(H,12,13)(H2,10,11,14). The van der Waals surface area contributed by atoms with Crippen LogP contribution in [0.15, 0.2) is 0 Å². The van der Waals surface area contributed by atoms with E-state index in [2.05, 4.69) is 10.6 Å². The molecule has 2 rings (SSSR count). The minimum absolute atomic E-state index is 0.00888. The molecule has 84 valence electrons. The highest BCUT2D eigenvalue weighted by Gasteiger charge is 2.51. The Morgan fingerprint density at radius 1 is 1.40 bits per heavy atom. The van der Waals surface area contributed by atoms with E-state index in [0.29, 0.717) is 26.1 Å². The average Bonchev–Trinajstić information content (AvgIpc) is 2.75. The smallest absolute Gasteiger partial charge is 0.329 e. The van der Waals surface area contributed by atoms with Gasteiger partial charge in [0.25, 0.3) is 0 Å². The fourth-order valence-electron chi connectivity index (χ4n) is 1.60. The first-order chi connectivity index (χ1) is 7.12. The number of amides is 2. The molecule has 0 radical (unpaired) electrons. The summed E-state index contributed by atoms with van der Waals surface area (Å²) in [7, 11) is 0. The van der Waals surface area contributed by atoms with E-state index in [1.807, 2.05) is 0 Å². The molecule has 0 aromatic rings. The van der Waals surface area contributed by atoms with Gasteiger partial charge in [-0.1, -0.05) is 0 Å². The van der Waals surface area contributed by atoms with Crippen molar-refractivity contribution < 1.29 is 19.4 Å². The van der Waals surface area contributed by atoms with Gasteiger partial charge in [0.1, 0.15) is 5.54 Å². The van der Waals surface area contributed by atoms with E-state index >= 15 is 0 Å². The Labute approximate surface area is 87.0 Å². The fraction of sp³-hybridized carbons (Fsp3) is 0.778. The zero-order valence-corrected chi connectivity index (χ0v) is 8.28. The van der Waals surface area contributed by atoms with Crippen molar-refractivity contribution in [2.45, 2.75) is 30.8 Å². The number of carboxylic acids is 1. The van der Waals surface area contributed by atoms with Crippen molar-refractivity contribution in [3.8, 4) is 0 Å². The number of hydrogen-bond donors (Lipinski definition) is 3. The highest BCUT2D eigenvalue weighted by atomic mass is 16.5. The number of hydrogen-bond acceptors (Lipinski definition) is 3. The predicted octanol–water partition coefficient (Wildman–Crippen LogP) is -0.308. The molecular weight excluding hydrogens is 200 g/mol. The lowest BCUT2D eigenvalue weighted by Crippen LogP contribution is -2.50. The summed E-state index contributed by atoms with van der Waals surface area (Å²) in [6, 6.07) is -0.403. The van der Waals surface area contributed by atoms with Gasteiger partial charge in [-0.15, -0.1) is 0 Å². The number of carbonyl (C=O) groups excluding carboxylic acids is 1. The highest BCUT2D eigenvalue weighted by Crippen LogP contribution is 2.35. The van der Waals surface area contributed by atoms with Gasteiger partial charge in [-0.05, 0) is 19.3 Å². The maximum Gasteiger partial charge on any atom is 0.329 e. The van der Waals surface area contributed by atoms with Crippen LogP contribution < -0.4 is 10.6 Å². The molecule has 2 fully saturated rings. The molecule has 1 atom stereocenters. The molecule has 1 saturated carbocycles. The molecule has 1 aliphatic heterocycles.